The third-order valence-electron chi connectivity index (χ3n) is 2.98. The van der Waals surface area contributed by atoms with Crippen LogP contribution in [0.15, 0.2) is 23.7 Å². The highest BCUT2D eigenvalue weighted by molar-refractivity contribution is 7.17. The largest absolute Gasteiger partial charge is 0.474 e. The molecule has 0 radical (unpaired) electrons. The van der Waals surface area contributed by atoms with E-state index >= 15 is 0 Å². The van der Waals surface area contributed by atoms with Crippen molar-refractivity contribution in [1.29, 1.82) is 0 Å². The summed E-state index contributed by atoms with van der Waals surface area (Å²) in [6, 6.07) is 4.05. The summed E-state index contributed by atoms with van der Waals surface area (Å²) in [5.74, 6) is 0.704. The summed E-state index contributed by atoms with van der Waals surface area (Å²) < 4.78 is 12.8. The maximum Gasteiger partial charge on any atom is 0.222 e. The first-order valence-electron chi connectivity index (χ1n) is 6.14. The molecule has 2 aromatic rings. The first kappa shape index (κ1) is 11.9. The quantitative estimate of drug-likeness (QED) is 0.921. The van der Waals surface area contributed by atoms with Gasteiger partial charge in [-0.15, -0.1) is 11.3 Å². The molecule has 2 atom stereocenters. The van der Waals surface area contributed by atoms with Crippen molar-refractivity contribution < 1.29 is 9.47 Å². The number of thiophene rings is 1. The van der Waals surface area contributed by atoms with E-state index in [1.807, 2.05) is 12.1 Å². The smallest absolute Gasteiger partial charge is 0.222 e. The lowest BCUT2D eigenvalue weighted by Gasteiger charge is -2.28. The van der Waals surface area contributed by atoms with E-state index in [2.05, 4.69) is 22.6 Å². The van der Waals surface area contributed by atoms with Gasteiger partial charge in [0.05, 0.1) is 11.5 Å². The zero-order chi connectivity index (χ0) is 12.4. The number of morpholine rings is 1. The minimum absolute atomic E-state index is 0.101. The number of aromatic nitrogens is 1. The molecular formula is C13H16N2O2S. The van der Waals surface area contributed by atoms with Crippen molar-refractivity contribution in [2.24, 2.45) is 0 Å². The molecule has 1 aliphatic rings. The molecule has 0 amide bonds. The number of nitrogens with one attached hydrogen (secondary N) is 1. The fraction of sp³-hybridized carbons (Fsp3) is 0.462. The van der Waals surface area contributed by atoms with Gasteiger partial charge in [-0.1, -0.05) is 0 Å². The summed E-state index contributed by atoms with van der Waals surface area (Å²) in [6.45, 7) is 4.36. The summed E-state index contributed by atoms with van der Waals surface area (Å²) in [5.41, 5.74) is 0. The van der Waals surface area contributed by atoms with Crippen LogP contribution < -0.4 is 10.1 Å². The third kappa shape index (κ3) is 2.48. The van der Waals surface area contributed by atoms with E-state index in [1.165, 1.54) is 4.70 Å². The first-order valence-corrected chi connectivity index (χ1v) is 7.02. The summed E-state index contributed by atoms with van der Waals surface area (Å²) in [4.78, 5) is 4.29. The predicted molar refractivity (Wildman–Crippen MR) is 72.3 cm³/mol. The van der Waals surface area contributed by atoms with Crippen LogP contribution in [0.4, 0.5) is 0 Å². The molecule has 1 fully saturated rings. The Kier molecular flexibility index (Phi) is 3.45. The molecule has 0 spiro atoms. The second kappa shape index (κ2) is 5.22. The molecular weight excluding hydrogens is 248 g/mol. The molecule has 0 aromatic carbocycles. The highest BCUT2D eigenvalue weighted by Crippen LogP contribution is 2.27. The van der Waals surface area contributed by atoms with E-state index in [0.29, 0.717) is 12.5 Å². The van der Waals surface area contributed by atoms with Crippen LogP contribution in [0.3, 0.4) is 0 Å². The molecule has 18 heavy (non-hydrogen) atoms. The van der Waals surface area contributed by atoms with Crippen molar-refractivity contribution in [3.05, 3.63) is 23.7 Å². The summed E-state index contributed by atoms with van der Waals surface area (Å²) in [7, 11) is 0. The van der Waals surface area contributed by atoms with E-state index in [-0.39, 0.29) is 12.2 Å². The van der Waals surface area contributed by atoms with Crippen molar-refractivity contribution in [2.45, 2.75) is 19.1 Å². The molecule has 0 saturated carbocycles. The van der Waals surface area contributed by atoms with Crippen molar-refractivity contribution in [3.63, 3.8) is 0 Å². The van der Waals surface area contributed by atoms with Gasteiger partial charge in [-0.3, -0.25) is 0 Å². The summed E-state index contributed by atoms with van der Waals surface area (Å²) >= 11 is 1.70. The van der Waals surface area contributed by atoms with Crippen LogP contribution in [0.25, 0.3) is 10.1 Å². The summed E-state index contributed by atoms with van der Waals surface area (Å²) in [6.07, 6.45) is 2.14. The van der Waals surface area contributed by atoms with Gasteiger partial charge in [0.15, 0.2) is 0 Å². The van der Waals surface area contributed by atoms with Gasteiger partial charge in [0, 0.05) is 24.0 Å². The van der Waals surface area contributed by atoms with Crippen LogP contribution in [0, 0.1) is 0 Å². The molecule has 3 rings (SSSR count). The standard InChI is InChI=1S/C13H16N2O2S/c1-9-6-14-7-10(17-9)8-16-13-11-3-5-18-12(11)2-4-15-13/h2-5,9-10,14H,6-8H2,1H3. The number of fused-ring (bicyclic) bond motifs is 1. The number of hydrogen-bond acceptors (Lipinski definition) is 5. The lowest BCUT2D eigenvalue weighted by atomic mass is 10.2. The molecule has 0 bridgehead atoms. The first-order chi connectivity index (χ1) is 8.83. The zero-order valence-corrected chi connectivity index (χ0v) is 11.1. The minimum atomic E-state index is 0.101. The van der Waals surface area contributed by atoms with Gasteiger partial charge >= 0.3 is 0 Å². The molecule has 1 aliphatic heterocycles. The molecule has 5 heteroatoms. The summed E-state index contributed by atoms with van der Waals surface area (Å²) in [5, 5.41) is 6.47. The zero-order valence-electron chi connectivity index (χ0n) is 10.3. The molecule has 96 valence electrons. The Labute approximate surface area is 110 Å². The Morgan fingerprint density at radius 1 is 1.50 bits per heavy atom. The van der Waals surface area contributed by atoms with Gasteiger partial charge in [-0.25, -0.2) is 4.98 Å². The number of rotatable bonds is 3. The monoisotopic (exact) mass is 264 g/mol. The fourth-order valence-corrected chi connectivity index (χ4v) is 2.90. The van der Waals surface area contributed by atoms with Crippen LogP contribution in [-0.2, 0) is 4.74 Å². The minimum Gasteiger partial charge on any atom is -0.474 e. The van der Waals surface area contributed by atoms with Gasteiger partial charge < -0.3 is 14.8 Å². The van der Waals surface area contributed by atoms with E-state index in [4.69, 9.17) is 9.47 Å². The maximum absolute atomic E-state index is 5.80. The van der Waals surface area contributed by atoms with Gasteiger partial charge in [0.1, 0.15) is 12.7 Å². The molecule has 3 heterocycles. The molecule has 1 N–H and O–H groups in total. The number of nitrogens with zero attached hydrogens (tertiary/aromatic N) is 1. The second-order valence-electron chi connectivity index (χ2n) is 4.49. The number of pyridine rings is 1. The van der Waals surface area contributed by atoms with Gasteiger partial charge in [0.2, 0.25) is 5.88 Å². The Bertz CT molecular complexity index is 528. The van der Waals surface area contributed by atoms with Crippen LogP contribution in [-0.4, -0.2) is 36.9 Å². The Morgan fingerprint density at radius 2 is 2.44 bits per heavy atom. The SMILES string of the molecule is CC1CNCC(COc2nccc3sccc23)O1. The van der Waals surface area contributed by atoms with Crippen molar-refractivity contribution in [3.8, 4) is 5.88 Å². The lowest BCUT2D eigenvalue weighted by Crippen LogP contribution is -2.45. The Morgan fingerprint density at radius 3 is 3.33 bits per heavy atom. The normalized spacial score (nSPS) is 24.3. The molecule has 4 nitrogen and oxygen atoms in total. The third-order valence-corrected chi connectivity index (χ3v) is 3.86. The van der Waals surface area contributed by atoms with E-state index in [9.17, 15) is 0 Å². The van der Waals surface area contributed by atoms with Crippen molar-refractivity contribution in [1.82, 2.24) is 10.3 Å². The van der Waals surface area contributed by atoms with Gasteiger partial charge in [-0.05, 0) is 24.4 Å². The highest BCUT2D eigenvalue weighted by Gasteiger charge is 2.19. The highest BCUT2D eigenvalue weighted by atomic mass is 32.1. The van der Waals surface area contributed by atoms with Crippen LogP contribution in [0.1, 0.15) is 6.92 Å². The van der Waals surface area contributed by atoms with Crippen LogP contribution in [0.5, 0.6) is 5.88 Å². The Hall–Kier alpha value is -1.17. The maximum atomic E-state index is 5.80. The number of hydrogen-bond donors (Lipinski definition) is 1. The van der Waals surface area contributed by atoms with Crippen LogP contribution in [0.2, 0.25) is 0 Å². The van der Waals surface area contributed by atoms with Gasteiger partial charge in [-0.2, -0.15) is 0 Å². The molecule has 2 aromatic heterocycles. The van der Waals surface area contributed by atoms with Crippen molar-refractivity contribution in [2.75, 3.05) is 19.7 Å². The Balaban J connectivity index is 1.67. The van der Waals surface area contributed by atoms with E-state index in [0.717, 1.165) is 18.5 Å². The number of ether oxygens (including phenoxy) is 2. The molecule has 0 aliphatic carbocycles. The fourth-order valence-electron chi connectivity index (χ4n) is 2.13. The van der Waals surface area contributed by atoms with Crippen LogP contribution >= 0.6 is 11.3 Å². The van der Waals surface area contributed by atoms with E-state index in [1.54, 1.807) is 17.5 Å². The topological polar surface area (TPSA) is 43.4 Å². The predicted octanol–water partition coefficient (Wildman–Crippen LogP) is 2.05. The second-order valence-corrected chi connectivity index (χ2v) is 5.43. The average molecular weight is 264 g/mol. The van der Waals surface area contributed by atoms with E-state index < -0.39 is 0 Å². The average Bonchev–Trinajstić information content (AvgIpc) is 2.85. The molecule has 1 saturated heterocycles. The van der Waals surface area contributed by atoms with Gasteiger partial charge in [0.25, 0.3) is 0 Å². The lowest BCUT2D eigenvalue weighted by molar-refractivity contribution is -0.0474. The molecule has 2 unspecified atom stereocenters. The van der Waals surface area contributed by atoms with Crippen molar-refractivity contribution >= 4 is 21.4 Å².